The smallest absolute Gasteiger partial charge is 0.322 e. The first kappa shape index (κ1) is 17.4. The Bertz CT molecular complexity index is 849. The molecule has 2 aromatic rings. The van der Waals surface area contributed by atoms with E-state index in [0.29, 0.717) is 13.2 Å². The second kappa shape index (κ2) is 7.02. The molecule has 6 heteroatoms. The molecule has 3 aliphatic heterocycles. The number of nitrogens with zero attached hydrogens (tertiary/aromatic N) is 2. The highest BCUT2D eigenvalue weighted by molar-refractivity contribution is 5.96. The number of para-hydroxylation sites is 3. The number of hydrogen-bond donors (Lipinski definition) is 1. The minimum absolute atomic E-state index is 0.0141. The van der Waals surface area contributed by atoms with Crippen molar-refractivity contribution in [2.45, 2.75) is 24.5 Å². The summed E-state index contributed by atoms with van der Waals surface area (Å²) in [6.45, 7) is 4.02. The molecule has 0 bridgehead atoms. The number of anilines is 1. The molecular weight excluding hydrogens is 354 g/mol. The number of amides is 2. The van der Waals surface area contributed by atoms with Crippen LogP contribution in [-0.4, -0.2) is 55.4 Å². The van der Waals surface area contributed by atoms with E-state index < -0.39 is 0 Å². The van der Waals surface area contributed by atoms with Crippen molar-refractivity contribution in [1.29, 1.82) is 0 Å². The molecule has 0 aliphatic carbocycles. The van der Waals surface area contributed by atoms with Crippen molar-refractivity contribution in [1.82, 2.24) is 10.2 Å². The molecule has 1 spiro atoms. The molecule has 0 aromatic heterocycles. The van der Waals surface area contributed by atoms with Gasteiger partial charge in [0.1, 0.15) is 12.7 Å². The molecule has 1 N–H and O–H groups in total. The number of piperidine rings is 1. The molecule has 146 valence electrons. The summed E-state index contributed by atoms with van der Waals surface area (Å²) in [6, 6.07) is 17.8. The van der Waals surface area contributed by atoms with Crippen LogP contribution in [0.1, 0.15) is 12.8 Å². The van der Waals surface area contributed by atoms with Crippen LogP contribution < -0.4 is 19.7 Å². The predicted octanol–water partition coefficient (Wildman–Crippen LogP) is 2.89. The third kappa shape index (κ3) is 3.07. The number of nitrogens with one attached hydrogen (secondary N) is 1. The summed E-state index contributed by atoms with van der Waals surface area (Å²) in [7, 11) is 0. The van der Waals surface area contributed by atoms with Gasteiger partial charge in [-0.3, -0.25) is 9.80 Å². The van der Waals surface area contributed by atoms with Crippen molar-refractivity contribution >= 4 is 11.7 Å². The van der Waals surface area contributed by atoms with Crippen molar-refractivity contribution in [3.63, 3.8) is 0 Å². The third-order valence-corrected chi connectivity index (χ3v) is 6.08. The highest BCUT2D eigenvalue weighted by Gasteiger charge is 2.48. The van der Waals surface area contributed by atoms with Crippen molar-refractivity contribution < 1.29 is 14.3 Å². The number of likely N-dealkylation sites (tertiary alicyclic amines) is 1. The third-order valence-electron chi connectivity index (χ3n) is 6.08. The Hall–Kier alpha value is -2.73. The Morgan fingerprint density at radius 3 is 2.50 bits per heavy atom. The number of carbonyl (C=O) groups excluding carboxylic acids is 1. The van der Waals surface area contributed by atoms with Gasteiger partial charge in [0, 0.05) is 31.9 Å². The van der Waals surface area contributed by atoms with Crippen molar-refractivity contribution in [2.75, 3.05) is 37.7 Å². The van der Waals surface area contributed by atoms with Gasteiger partial charge in [-0.25, -0.2) is 4.79 Å². The molecule has 3 aliphatic rings. The fourth-order valence-corrected chi connectivity index (χ4v) is 4.58. The van der Waals surface area contributed by atoms with Crippen LogP contribution in [0.4, 0.5) is 10.5 Å². The molecule has 0 radical (unpaired) electrons. The molecule has 5 rings (SSSR count). The number of hydrogen-bond acceptors (Lipinski definition) is 4. The van der Waals surface area contributed by atoms with E-state index in [1.165, 1.54) is 0 Å². The fourth-order valence-electron chi connectivity index (χ4n) is 4.58. The van der Waals surface area contributed by atoms with E-state index in [4.69, 9.17) is 9.47 Å². The molecule has 0 unspecified atom stereocenters. The van der Waals surface area contributed by atoms with Gasteiger partial charge in [-0.1, -0.05) is 30.3 Å². The zero-order valence-electron chi connectivity index (χ0n) is 15.8. The normalized spacial score (nSPS) is 23.6. The van der Waals surface area contributed by atoms with Crippen LogP contribution in [-0.2, 0) is 0 Å². The lowest BCUT2D eigenvalue weighted by molar-refractivity contribution is 0.0461. The van der Waals surface area contributed by atoms with Crippen LogP contribution in [0.3, 0.4) is 0 Å². The summed E-state index contributed by atoms with van der Waals surface area (Å²) in [5.41, 5.74) is 0.845. The van der Waals surface area contributed by atoms with Crippen LogP contribution in [0.2, 0.25) is 0 Å². The van der Waals surface area contributed by atoms with Crippen LogP contribution in [0.5, 0.6) is 11.5 Å². The Labute approximate surface area is 165 Å². The molecule has 6 nitrogen and oxygen atoms in total. The number of rotatable bonds is 3. The van der Waals surface area contributed by atoms with Gasteiger partial charge in [-0.05, 0) is 37.1 Å². The lowest BCUT2D eigenvalue weighted by Crippen LogP contribution is -2.56. The summed E-state index contributed by atoms with van der Waals surface area (Å²) in [5, 5.41) is 3.06. The number of carbonyl (C=O) groups is 1. The minimum atomic E-state index is -0.133. The second-order valence-corrected chi connectivity index (χ2v) is 7.85. The van der Waals surface area contributed by atoms with Crippen LogP contribution in [0, 0.1) is 0 Å². The van der Waals surface area contributed by atoms with E-state index in [1.807, 2.05) is 59.5 Å². The topological polar surface area (TPSA) is 54.0 Å². The van der Waals surface area contributed by atoms with E-state index in [-0.39, 0.29) is 17.7 Å². The lowest BCUT2D eigenvalue weighted by Gasteiger charge is -2.44. The zero-order valence-corrected chi connectivity index (χ0v) is 15.8. The number of benzene rings is 2. The first-order valence-electron chi connectivity index (χ1n) is 9.97. The Morgan fingerprint density at radius 2 is 1.71 bits per heavy atom. The average molecular weight is 379 g/mol. The maximum atomic E-state index is 12.5. The summed E-state index contributed by atoms with van der Waals surface area (Å²) in [5.74, 6) is 1.65. The maximum absolute atomic E-state index is 12.5. The van der Waals surface area contributed by atoms with E-state index in [9.17, 15) is 4.79 Å². The van der Waals surface area contributed by atoms with Gasteiger partial charge in [0.2, 0.25) is 0 Å². The zero-order chi connectivity index (χ0) is 19.0. The van der Waals surface area contributed by atoms with Gasteiger partial charge in [-0.15, -0.1) is 0 Å². The van der Waals surface area contributed by atoms with E-state index in [0.717, 1.165) is 49.7 Å². The number of ether oxygens (including phenoxy) is 2. The fraction of sp³-hybridized carbons (Fsp3) is 0.409. The van der Waals surface area contributed by atoms with Gasteiger partial charge in [-0.2, -0.15) is 0 Å². The van der Waals surface area contributed by atoms with Crippen molar-refractivity contribution in [3.05, 3.63) is 54.6 Å². The highest BCUT2D eigenvalue weighted by Crippen LogP contribution is 2.37. The molecule has 3 heterocycles. The van der Waals surface area contributed by atoms with Crippen LogP contribution in [0.15, 0.2) is 54.6 Å². The molecular formula is C22H25N3O3. The second-order valence-electron chi connectivity index (χ2n) is 7.85. The molecule has 0 saturated carbocycles. The van der Waals surface area contributed by atoms with Gasteiger partial charge >= 0.3 is 6.03 Å². The first-order chi connectivity index (χ1) is 13.7. The molecule has 2 aromatic carbocycles. The van der Waals surface area contributed by atoms with Gasteiger partial charge in [0.05, 0.1) is 5.54 Å². The molecule has 28 heavy (non-hydrogen) atoms. The average Bonchev–Trinajstić information content (AvgIpc) is 3.06. The van der Waals surface area contributed by atoms with Gasteiger partial charge in [0.15, 0.2) is 11.5 Å². The van der Waals surface area contributed by atoms with Crippen molar-refractivity contribution in [2.24, 2.45) is 0 Å². The van der Waals surface area contributed by atoms with E-state index in [1.54, 1.807) is 0 Å². The van der Waals surface area contributed by atoms with E-state index in [2.05, 4.69) is 10.2 Å². The lowest BCUT2D eigenvalue weighted by atomic mass is 9.86. The Balaban J connectivity index is 1.23. The van der Waals surface area contributed by atoms with Gasteiger partial charge < -0.3 is 14.8 Å². The molecule has 2 saturated heterocycles. The highest BCUT2D eigenvalue weighted by atomic mass is 16.6. The Morgan fingerprint density at radius 1 is 1.00 bits per heavy atom. The van der Waals surface area contributed by atoms with Crippen molar-refractivity contribution in [3.8, 4) is 11.5 Å². The largest absolute Gasteiger partial charge is 0.486 e. The van der Waals surface area contributed by atoms with Gasteiger partial charge in [0.25, 0.3) is 0 Å². The van der Waals surface area contributed by atoms with Crippen LogP contribution >= 0.6 is 0 Å². The summed E-state index contributed by atoms with van der Waals surface area (Å²) in [4.78, 5) is 16.9. The number of fused-ring (bicyclic) bond motifs is 1. The molecule has 1 atom stereocenters. The van der Waals surface area contributed by atoms with E-state index >= 15 is 0 Å². The standard InChI is InChI=1S/C22H25N3O3/c26-21-23-16-22(25(21)17-6-2-1-3-7-17)10-12-24(13-11-22)14-18-15-27-19-8-4-5-9-20(19)28-18/h1-9,18H,10-16H2,(H,23,26)/t18-/m1/s1. The maximum Gasteiger partial charge on any atom is 0.322 e. The minimum Gasteiger partial charge on any atom is -0.486 e. The van der Waals surface area contributed by atoms with Crippen LogP contribution in [0.25, 0.3) is 0 Å². The summed E-state index contributed by atoms with van der Waals surface area (Å²) in [6.07, 6.45) is 1.94. The molecule has 2 amide bonds. The quantitative estimate of drug-likeness (QED) is 0.891. The summed E-state index contributed by atoms with van der Waals surface area (Å²) >= 11 is 0. The monoisotopic (exact) mass is 379 g/mol. The summed E-state index contributed by atoms with van der Waals surface area (Å²) < 4.78 is 12.0. The SMILES string of the molecule is O=C1NCC2(CCN(C[C@@H]3COc4ccccc4O3)CC2)N1c1ccccc1. The molecule has 2 fully saturated rings. The predicted molar refractivity (Wildman–Crippen MR) is 107 cm³/mol. The Kier molecular flexibility index (Phi) is 4.36. The first-order valence-corrected chi connectivity index (χ1v) is 9.97. The number of urea groups is 1.